The molecule has 2 aromatic rings. The summed E-state index contributed by atoms with van der Waals surface area (Å²) in [4.78, 5) is 8.57. The highest BCUT2D eigenvalue weighted by molar-refractivity contribution is 5.36. The summed E-state index contributed by atoms with van der Waals surface area (Å²) in [6.07, 6.45) is 6.82. The molecule has 3 rings (SSSR count). The third-order valence-electron chi connectivity index (χ3n) is 3.79. The highest BCUT2D eigenvalue weighted by Crippen LogP contribution is 2.29. The van der Waals surface area contributed by atoms with Gasteiger partial charge < -0.3 is 10.5 Å². The van der Waals surface area contributed by atoms with Crippen molar-refractivity contribution in [3.8, 4) is 11.6 Å². The van der Waals surface area contributed by atoms with Crippen molar-refractivity contribution < 1.29 is 9.13 Å². The van der Waals surface area contributed by atoms with E-state index in [1.807, 2.05) is 0 Å². The second-order valence-electron chi connectivity index (χ2n) is 5.22. The van der Waals surface area contributed by atoms with Crippen molar-refractivity contribution in [3.63, 3.8) is 0 Å². The van der Waals surface area contributed by atoms with Gasteiger partial charge in [-0.3, -0.25) is 0 Å². The molecule has 4 nitrogen and oxygen atoms in total. The Morgan fingerprint density at radius 1 is 1.14 bits per heavy atom. The molecule has 0 saturated heterocycles. The van der Waals surface area contributed by atoms with Crippen molar-refractivity contribution in [2.45, 2.75) is 38.6 Å². The largest absolute Gasteiger partial charge is 0.439 e. The maximum absolute atomic E-state index is 13.8. The van der Waals surface area contributed by atoms with Crippen LogP contribution in [-0.2, 0) is 19.4 Å². The summed E-state index contributed by atoms with van der Waals surface area (Å²) in [7, 11) is 0. The highest BCUT2D eigenvalue weighted by Gasteiger charge is 2.16. The van der Waals surface area contributed by atoms with Crippen molar-refractivity contribution in [1.29, 1.82) is 0 Å². The number of ether oxygens (including phenoxy) is 1. The number of nitrogens with two attached hydrogens (primary N) is 1. The molecule has 2 N–H and O–H groups in total. The molecule has 1 heterocycles. The van der Waals surface area contributed by atoms with Crippen molar-refractivity contribution in [1.82, 2.24) is 9.97 Å². The van der Waals surface area contributed by atoms with Crippen LogP contribution in [0.3, 0.4) is 0 Å². The van der Waals surface area contributed by atoms with Gasteiger partial charge in [0.1, 0.15) is 17.9 Å². The van der Waals surface area contributed by atoms with E-state index >= 15 is 0 Å². The maximum atomic E-state index is 13.8. The van der Waals surface area contributed by atoms with Crippen LogP contribution >= 0.6 is 0 Å². The molecule has 1 aromatic carbocycles. The van der Waals surface area contributed by atoms with Crippen LogP contribution in [0.4, 0.5) is 4.39 Å². The van der Waals surface area contributed by atoms with E-state index in [9.17, 15) is 4.39 Å². The zero-order valence-electron chi connectivity index (χ0n) is 11.8. The number of rotatable bonds is 3. The molecule has 1 aliphatic rings. The molecule has 0 aliphatic heterocycles. The number of benzene rings is 1. The smallest absolute Gasteiger partial charge is 0.225 e. The topological polar surface area (TPSA) is 61.0 Å². The lowest BCUT2D eigenvalue weighted by molar-refractivity contribution is 0.447. The van der Waals surface area contributed by atoms with Gasteiger partial charge in [-0.15, -0.1) is 0 Å². The van der Waals surface area contributed by atoms with E-state index in [4.69, 9.17) is 10.5 Å². The van der Waals surface area contributed by atoms with Crippen molar-refractivity contribution in [2.75, 3.05) is 0 Å². The lowest BCUT2D eigenvalue weighted by Crippen LogP contribution is -2.03. The third kappa shape index (κ3) is 3.03. The summed E-state index contributed by atoms with van der Waals surface area (Å²) >= 11 is 0. The zero-order chi connectivity index (χ0) is 14.7. The summed E-state index contributed by atoms with van der Waals surface area (Å²) in [6, 6.07) is 4.72. The van der Waals surface area contributed by atoms with Crippen LogP contribution in [0.5, 0.6) is 11.6 Å². The zero-order valence-corrected chi connectivity index (χ0v) is 11.8. The van der Waals surface area contributed by atoms with Gasteiger partial charge in [0.2, 0.25) is 5.88 Å². The molecule has 0 bridgehead atoms. The first-order chi connectivity index (χ1) is 10.3. The third-order valence-corrected chi connectivity index (χ3v) is 3.79. The Kier molecular flexibility index (Phi) is 4.10. The van der Waals surface area contributed by atoms with E-state index in [1.165, 1.54) is 18.8 Å². The fraction of sp³-hybridized carbons (Fsp3) is 0.375. The Bertz CT molecular complexity index is 645. The van der Waals surface area contributed by atoms with Crippen LogP contribution < -0.4 is 10.5 Å². The van der Waals surface area contributed by atoms with Crippen molar-refractivity contribution >= 4 is 0 Å². The van der Waals surface area contributed by atoms with E-state index in [2.05, 4.69) is 9.97 Å². The molecule has 110 valence electrons. The molecule has 5 heteroatoms. The highest BCUT2D eigenvalue weighted by atomic mass is 19.1. The molecule has 21 heavy (non-hydrogen) atoms. The summed E-state index contributed by atoms with van der Waals surface area (Å²) in [5.74, 6) is 0.631. The Morgan fingerprint density at radius 2 is 2.00 bits per heavy atom. The van der Waals surface area contributed by atoms with Gasteiger partial charge in [0.05, 0.1) is 5.69 Å². The van der Waals surface area contributed by atoms with E-state index in [0.29, 0.717) is 17.2 Å². The van der Waals surface area contributed by atoms with Gasteiger partial charge in [0.25, 0.3) is 0 Å². The van der Waals surface area contributed by atoms with Gasteiger partial charge in [-0.2, -0.15) is 0 Å². The summed E-state index contributed by atoms with van der Waals surface area (Å²) in [6.45, 7) is 0.176. The quantitative estimate of drug-likeness (QED) is 0.881. The van der Waals surface area contributed by atoms with Gasteiger partial charge >= 0.3 is 0 Å². The predicted octanol–water partition coefficient (Wildman–Crippen LogP) is 3.14. The minimum Gasteiger partial charge on any atom is -0.439 e. The van der Waals surface area contributed by atoms with Crippen LogP contribution in [0.1, 0.15) is 36.1 Å². The lowest BCUT2D eigenvalue weighted by Gasteiger charge is -2.12. The van der Waals surface area contributed by atoms with E-state index < -0.39 is 0 Å². The molecular formula is C16H18FN3O. The first kappa shape index (κ1) is 13.9. The normalized spacial score (nSPS) is 14.4. The molecular weight excluding hydrogens is 269 g/mol. The number of nitrogens with zero attached hydrogens (tertiary/aromatic N) is 2. The first-order valence-corrected chi connectivity index (χ1v) is 7.27. The lowest BCUT2D eigenvalue weighted by atomic mass is 10.1. The van der Waals surface area contributed by atoms with Gasteiger partial charge in [0, 0.05) is 23.7 Å². The molecule has 0 fully saturated rings. The fourth-order valence-corrected chi connectivity index (χ4v) is 2.62. The number of hydrogen-bond donors (Lipinski definition) is 1. The van der Waals surface area contributed by atoms with Crippen LogP contribution in [0.25, 0.3) is 0 Å². The van der Waals surface area contributed by atoms with Gasteiger partial charge in [-0.1, -0.05) is 12.5 Å². The Morgan fingerprint density at radius 3 is 2.81 bits per heavy atom. The van der Waals surface area contributed by atoms with Crippen molar-refractivity contribution in [2.24, 2.45) is 5.73 Å². The van der Waals surface area contributed by atoms with E-state index in [0.717, 1.165) is 36.9 Å². The summed E-state index contributed by atoms with van der Waals surface area (Å²) < 4.78 is 19.5. The standard InChI is InChI=1S/C16H18FN3O/c17-14-8-12(7-6-11(14)9-18)21-16-13-4-2-1-3-5-15(13)19-10-20-16/h6-8,10H,1-5,9,18H2. The maximum Gasteiger partial charge on any atom is 0.225 e. The fourth-order valence-electron chi connectivity index (χ4n) is 2.62. The van der Waals surface area contributed by atoms with E-state index in [1.54, 1.807) is 12.1 Å². The van der Waals surface area contributed by atoms with Crippen LogP contribution in [0.15, 0.2) is 24.5 Å². The summed E-state index contributed by atoms with van der Waals surface area (Å²) in [5.41, 5.74) is 8.04. The minimum absolute atomic E-state index is 0.176. The molecule has 1 aromatic heterocycles. The second kappa shape index (κ2) is 6.18. The number of fused-ring (bicyclic) bond motifs is 1. The van der Waals surface area contributed by atoms with Crippen molar-refractivity contribution in [3.05, 3.63) is 47.2 Å². The Balaban J connectivity index is 1.90. The van der Waals surface area contributed by atoms with Gasteiger partial charge in [-0.25, -0.2) is 14.4 Å². The van der Waals surface area contributed by atoms with E-state index in [-0.39, 0.29) is 12.4 Å². The Hall–Kier alpha value is -2.01. The molecule has 0 saturated carbocycles. The monoisotopic (exact) mass is 287 g/mol. The minimum atomic E-state index is -0.352. The number of aryl methyl sites for hydroxylation is 1. The molecule has 0 unspecified atom stereocenters. The number of halogens is 1. The molecule has 1 aliphatic carbocycles. The number of hydrogen-bond acceptors (Lipinski definition) is 4. The second-order valence-corrected chi connectivity index (χ2v) is 5.22. The first-order valence-electron chi connectivity index (χ1n) is 7.27. The SMILES string of the molecule is NCc1ccc(Oc2ncnc3c2CCCCC3)cc1F. The van der Waals surface area contributed by atoms with Crippen LogP contribution in [-0.4, -0.2) is 9.97 Å². The Labute approximate surface area is 123 Å². The molecule has 0 amide bonds. The molecule has 0 radical (unpaired) electrons. The van der Waals surface area contributed by atoms with Gasteiger partial charge in [-0.05, 0) is 31.7 Å². The van der Waals surface area contributed by atoms with Crippen LogP contribution in [0, 0.1) is 5.82 Å². The summed E-state index contributed by atoms with van der Waals surface area (Å²) in [5, 5.41) is 0. The van der Waals surface area contributed by atoms with Gasteiger partial charge in [0.15, 0.2) is 0 Å². The average Bonchev–Trinajstić information content (AvgIpc) is 2.73. The molecule has 0 atom stereocenters. The average molecular weight is 287 g/mol. The molecule has 0 spiro atoms. The van der Waals surface area contributed by atoms with Crippen LogP contribution in [0.2, 0.25) is 0 Å². The number of aromatic nitrogens is 2. The predicted molar refractivity (Wildman–Crippen MR) is 77.7 cm³/mol.